The van der Waals surface area contributed by atoms with Gasteiger partial charge in [0.25, 0.3) is 0 Å². The minimum Gasteiger partial charge on any atom is -0.462 e. The maximum atomic E-state index is 5.72. The molecule has 2 heterocycles. The Morgan fingerprint density at radius 2 is 2.00 bits per heavy atom. The number of aryl methyl sites for hydroxylation is 1. The zero-order valence-corrected chi connectivity index (χ0v) is 13.0. The smallest absolute Gasteiger partial charge is 0.250 e. The highest BCUT2D eigenvalue weighted by Gasteiger charge is 2.26. The lowest BCUT2D eigenvalue weighted by atomic mass is 10.3. The Bertz CT molecular complexity index is 605. The number of halogens is 3. The first-order chi connectivity index (χ1) is 9.49. The number of hydrogen-bond acceptors (Lipinski definition) is 4. The van der Waals surface area contributed by atoms with E-state index in [9.17, 15) is 0 Å². The molecule has 4 nitrogen and oxygen atoms in total. The molecule has 0 fully saturated rings. The number of rotatable bonds is 4. The zero-order chi connectivity index (χ0) is 14.6. The number of furan rings is 1. The van der Waals surface area contributed by atoms with Crippen molar-refractivity contribution in [2.24, 2.45) is 0 Å². The molecule has 7 heteroatoms. The van der Waals surface area contributed by atoms with Crippen molar-refractivity contribution in [3.8, 4) is 0 Å². The molecule has 2 rings (SSSR count). The van der Waals surface area contributed by atoms with Crippen LogP contribution in [0.1, 0.15) is 36.5 Å². The molecule has 0 aliphatic heterocycles. The topological polar surface area (TPSA) is 51.8 Å². The first-order valence-electron chi connectivity index (χ1n) is 6.02. The number of nitrogens with zero attached hydrogens (tertiary/aromatic N) is 3. The molecule has 0 aromatic carbocycles. The fourth-order valence-corrected chi connectivity index (χ4v) is 1.82. The minimum absolute atomic E-state index is 0.0864. The van der Waals surface area contributed by atoms with E-state index in [1.807, 2.05) is 12.1 Å². The summed E-state index contributed by atoms with van der Waals surface area (Å²) in [6.07, 6.45) is 6.69. The maximum Gasteiger partial charge on any atom is 0.250 e. The van der Waals surface area contributed by atoms with Crippen LogP contribution in [0.4, 0.5) is 0 Å². The highest BCUT2D eigenvalue weighted by atomic mass is 35.6. The van der Waals surface area contributed by atoms with Crippen molar-refractivity contribution in [2.45, 2.75) is 23.6 Å². The molecule has 0 unspecified atom stereocenters. The van der Waals surface area contributed by atoms with Crippen LogP contribution in [0.15, 0.2) is 22.9 Å². The van der Waals surface area contributed by atoms with Crippen LogP contribution in [0.5, 0.6) is 0 Å². The third-order valence-electron chi connectivity index (χ3n) is 2.42. The molecule has 0 radical (unpaired) electrons. The van der Waals surface area contributed by atoms with E-state index in [4.69, 9.17) is 39.2 Å². The van der Waals surface area contributed by atoms with Crippen LogP contribution in [-0.2, 0) is 10.2 Å². The number of aromatic nitrogens is 3. The molecule has 106 valence electrons. The molecule has 0 saturated heterocycles. The summed E-state index contributed by atoms with van der Waals surface area (Å²) in [6.45, 7) is 2.10. The average molecular weight is 333 g/mol. The third kappa shape index (κ3) is 4.20. The Labute approximate surface area is 131 Å². The van der Waals surface area contributed by atoms with E-state index in [-0.39, 0.29) is 5.82 Å². The molecule has 0 amide bonds. The van der Waals surface area contributed by atoms with Crippen LogP contribution in [0, 0.1) is 0 Å². The fraction of sp³-hybridized carbons (Fsp3) is 0.308. The van der Waals surface area contributed by atoms with E-state index in [1.54, 1.807) is 12.2 Å². The monoisotopic (exact) mass is 331 g/mol. The van der Waals surface area contributed by atoms with Gasteiger partial charge in [0.15, 0.2) is 11.6 Å². The summed E-state index contributed by atoms with van der Waals surface area (Å²) in [7, 11) is 0. The van der Waals surface area contributed by atoms with Gasteiger partial charge in [0.05, 0.1) is 0 Å². The van der Waals surface area contributed by atoms with Crippen molar-refractivity contribution in [3.05, 3.63) is 41.6 Å². The average Bonchev–Trinajstić information content (AvgIpc) is 2.84. The largest absolute Gasteiger partial charge is 0.462 e. The molecular weight excluding hydrogens is 321 g/mol. The van der Waals surface area contributed by atoms with Crippen LogP contribution in [0.3, 0.4) is 0 Å². The van der Waals surface area contributed by atoms with E-state index in [0.717, 1.165) is 24.4 Å². The highest BCUT2D eigenvalue weighted by molar-refractivity contribution is 6.66. The van der Waals surface area contributed by atoms with E-state index in [2.05, 4.69) is 21.9 Å². The molecule has 0 bridgehead atoms. The van der Waals surface area contributed by atoms with Gasteiger partial charge in [-0.15, -0.1) is 0 Å². The molecule has 2 aromatic heterocycles. The van der Waals surface area contributed by atoms with E-state index < -0.39 is 3.79 Å². The Morgan fingerprint density at radius 3 is 2.70 bits per heavy atom. The molecule has 0 saturated carbocycles. The SMILES string of the molecule is CCCc1ccc(C=Cc2ncnc(C(Cl)(Cl)Cl)n2)o1. The third-order valence-corrected chi connectivity index (χ3v) is 2.93. The van der Waals surface area contributed by atoms with Crippen molar-refractivity contribution in [3.63, 3.8) is 0 Å². The molecule has 0 aliphatic rings. The molecule has 20 heavy (non-hydrogen) atoms. The highest BCUT2D eigenvalue weighted by Crippen LogP contribution is 2.35. The van der Waals surface area contributed by atoms with Crippen molar-refractivity contribution in [1.82, 2.24) is 15.0 Å². The molecule has 0 atom stereocenters. The first-order valence-corrected chi connectivity index (χ1v) is 7.15. The summed E-state index contributed by atoms with van der Waals surface area (Å²) in [5.41, 5.74) is 0. The summed E-state index contributed by atoms with van der Waals surface area (Å²) >= 11 is 17.2. The predicted octanol–water partition coefficient (Wildman–Crippen LogP) is 4.41. The van der Waals surface area contributed by atoms with Gasteiger partial charge in [-0.3, -0.25) is 0 Å². The maximum absolute atomic E-state index is 5.72. The van der Waals surface area contributed by atoms with E-state index in [1.165, 1.54) is 6.33 Å². The number of alkyl halides is 3. The minimum atomic E-state index is -1.66. The standard InChI is InChI=1S/C13H12Cl3N3O/c1-2-3-9-4-5-10(20-9)6-7-11-17-8-18-12(19-11)13(14,15)16/h4-8H,2-3H2,1H3. The zero-order valence-electron chi connectivity index (χ0n) is 10.7. The van der Waals surface area contributed by atoms with Crippen molar-refractivity contribution in [2.75, 3.05) is 0 Å². The van der Waals surface area contributed by atoms with E-state index in [0.29, 0.717) is 5.82 Å². The predicted molar refractivity (Wildman–Crippen MR) is 80.7 cm³/mol. The second-order valence-corrected chi connectivity index (χ2v) is 6.33. The van der Waals surface area contributed by atoms with Crippen molar-refractivity contribution >= 4 is 47.0 Å². The summed E-state index contributed by atoms with van der Waals surface area (Å²) in [4.78, 5) is 11.9. The molecule has 2 aromatic rings. The van der Waals surface area contributed by atoms with E-state index >= 15 is 0 Å². The van der Waals surface area contributed by atoms with Gasteiger partial charge in [-0.2, -0.15) is 0 Å². The first kappa shape index (κ1) is 15.3. The Balaban J connectivity index is 2.14. The molecule has 0 spiro atoms. The number of hydrogen-bond donors (Lipinski definition) is 0. The van der Waals surface area contributed by atoms with Crippen LogP contribution >= 0.6 is 34.8 Å². The summed E-state index contributed by atoms with van der Waals surface area (Å²) in [6, 6.07) is 3.84. The van der Waals surface area contributed by atoms with Gasteiger partial charge in [-0.05, 0) is 30.7 Å². The molecule has 0 aliphatic carbocycles. The van der Waals surface area contributed by atoms with Gasteiger partial charge in [0.2, 0.25) is 3.79 Å². The Hall–Kier alpha value is -1.10. The van der Waals surface area contributed by atoms with Crippen molar-refractivity contribution in [1.29, 1.82) is 0 Å². The van der Waals surface area contributed by atoms with Gasteiger partial charge >= 0.3 is 0 Å². The van der Waals surface area contributed by atoms with Gasteiger partial charge in [0.1, 0.15) is 17.8 Å². The fourth-order valence-electron chi connectivity index (χ4n) is 1.55. The summed E-state index contributed by atoms with van der Waals surface area (Å²) in [5.74, 6) is 2.16. The lowest BCUT2D eigenvalue weighted by molar-refractivity contribution is 0.498. The summed E-state index contributed by atoms with van der Waals surface area (Å²) < 4.78 is 3.94. The Kier molecular flexibility index (Phi) is 5.02. The van der Waals surface area contributed by atoms with Crippen LogP contribution in [0.25, 0.3) is 12.2 Å². The summed E-state index contributed by atoms with van der Waals surface area (Å²) in [5, 5.41) is 0. The van der Waals surface area contributed by atoms with Crippen molar-refractivity contribution < 1.29 is 4.42 Å². The van der Waals surface area contributed by atoms with Gasteiger partial charge in [-0.1, -0.05) is 41.7 Å². The van der Waals surface area contributed by atoms with Crippen LogP contribution in [0.2, 0.25) is 0 Å². The quantitative estimate of drug-likeness (QED) is 0.778. The molecular formula is C13H12Cl3N3O. The van der Waals surface area contributed by atoms with Gasteiger partial charge in [-0.25, -0.2) is 15.0 Å². The second-order valence-electron chi connectivity index (χ2n) is 4.05. The second kappa shape index (κ2) is 6.57. The Morgan fingerprint density at radius 1 is 1.20 bits per heavy atom. The van der Waals surface area contributed by atoms with Gasteiger partial charge < -0.3 is 4.42 Å². The van der Waals surface area contributed by atoms with Crippen LogP contribution in [-0.4, -0.2) is 15.0 Å². The molecule has 0 N–H and O–H groups in total. The lowest BCUT2D eigenvalue weighted by Gasteiger charge is -2.07. The van der Waals surface area contributed by atoms with Crippen LogP contribution < -0.4 is 0 Å². The van der Waals surface area contributed by atoms with Gasteiger partial charge in [0, 0.05) is 6.42 Å². The lowest BCUT2D eigenvalue weighted by Crippen LogP contribution is -2.08. The normalized spacial score (nSPS) is 12.2.